The summed E-state index contributed by atoms with van der Waals surface area (Å²) in [5, 5.41) is 13.6. The van der Waals surface area contributed by atoms with Crippen LogP contribution in [-0.2, 0) is 0 Å². The standard InChI is InChI=1S/C45H24N4O/c1-47-35-14-16-43-40(26-35)39-18-28(27-46)12-15-42(39)49(43)37-23-34(22-36(25-37)48-2)33-20-31(29-8-4-3-5-9-29)19-32(21-33)30-13-17-45-41(24-30)38-10-6-7-11-44(38)50-45/h3-26H. The van der Waals surface area contributed by atoms with Crippen LogP contribution in [0.2, 0.25) is 0 Å². The average molecular weight is 637 g/mol. The van der Waals surface area contributed by atoms with Gasteiger partial charge >= 0.3 is 0 Å². The molecule has 9 rings (SSSR count). The summed E-state index contributed by atoms with van der Waals surface area (Å²) in [6.45, 7) is 15.7. The molecule has 0 unspecified atom stereocenters. The fraction of sp³-hybridized carbons (Fsp3) is 0. The third-order valence-electron chi connectivity index (χ3n) is 9.38. The van der Waals surface area contributed by atoms with Crippen LogP contribution in [0.25, 0.3) is 92.5 Å². The van der Waals surface area contributed by atoms with E-state index >= 15 is 0 Å². The number of nitriles is 1. The lowest BCUT2D eigenvalue weighted by Gasteiger charge is -2.14. The van der Waals surface area contributed by atoms with Gasteiger partial charge in [-0.1, -0.05) is 60.7 Å². The first-order valence-corrected chi connectivity index (χ1v) is 16.1. The van der Waals surface area contributed by atoms with Crippen molar-refractivity contribution in [1.82, 2.24) is 4.57 Å². The summed E-state index contributed by atoms with van der Waals surface area (Å²) in [5.41, 5.74) is 12.1. The van der Waals surface area contributed by atoms with Gasteiger partial charge in [0, 0.05) is 21.8 Å². The number of benzene rings is 7. The Labute approximate surface area is 287 Å². The zero-order valence-corrected chi connectivity index (χ0v) is 26.6. The maximum atomic E-state index is 9.68. The van der Waals surface area contributed by atoms with Crippen molar-refractivity contribution in [2.24, 2.45) is 0 Å². The molecule has 0 fully saturated rings. The lowest BCUT2D eigenvalue weighted by molar-refractivity contribution is 0.669. The molecule has 9 aromatic rings. The second kappa shape index (κ2) is 11.4. The van der Waals surface area contributed by atoms with Gasteiger partial charge in [0.25, 0.3) is 0 Å². The maximum absolute atomic E-state index is 9.68. The minimum Gasteiger partial charge on any atom is -0.456 e. The summed E-state index contributed by atoms with van der Waals surface area (Å²) in [6, 6.07) is 50.8. The molecule has 5 nitrogen and oxygen atoms in total. The second-order valence-corrected chi connectivity index (χ2v) is 12.3. The molecule has 0 aliphatic heterocycles. The Morgan fingerprint density at radius 1 is 0.480 bits per heavy atom. The van der Waals surface area contributed by atoms with Gasteiger partial charge in [-0.3, -0.25) is 0 Å². The molecular formula is C45H24N4O. The fourth-order valence-electron chi connectivity index (χ4n) is 7.05. The van der Waals surface area contributed by atoms with E-state index < -0.39 is 0 Å². The van der Waals surface area contributed by atoms with Crippen LogP contribution in [0, 0.1) is 24.5 Å². The number of fused-ring (bicyclic) bond motifs is 6. The minimum absolute atomic E-state index is 0.511. The minimum atomic E-state index is 0.511. The molecule has 0 saturated carbocycles. The van der Waals surface area contributed by atoms with Crippen LogP contribution in [0.5, 0.6) is 0 Å². The third kappa shape index (κ3) is 4.69. The number of rotatable bonds is 4. The SMILES string of the molecule is [C-]#[N+]c1cc(-c2cc(-c3ccccc3)cc(-c3ccc4oc5ccccc5c4c3)c2)cc(-n2c3ccc(C#N)cc3c3cc([N+]#[C-])ccc32)c1. The van der Waals surface area contributed by atoms with Crippen molar-refractivity contribution in [3.63, 3.8) is 0 Å². The third-order valence-corrected chi connectivity index (χ3v) is 9.38. The Hall–Kier alpha value is -7.39. The molecule has 0 aliphatic rings. The van der Waals surface area contributed by atoms with Crippen molar-refractivity contribution < 1.29 is 4.42 Å². The van der Waals surface area contributed by atoms with Gasteiger partial charge in [0.05, 0.1) is 35.8 Å². The number of hydrogen-bond acceptors (Lipinski definition) is 2. The van der Waals surface area contributed by atoms with Gasteiger partial charge in [0.15, 0.2) is 11.4 Å². The summed E-state index contributed by atoms with van der Waals surface area (Å²) < 4.78 is 8.25. The highest BCUT2D eigenvalue weighted by molar-refractivity contribution is 6.11. The first kappa shape index (κ1) is 28.8. The molecule has 0 radical (unpaired) electrons. The lowest BCUT2D eigenvalue weighted by atomic mass is 9.92. The smallest absolute Gasteiger partial charge is 0.189 e. The number of hydrogen-bond donors (Lipinski definition) is 0. The van der Waals surface area contributed by atoms with Crippen LogP contribution in [0.15, 0.2) is 150 Å². The summed E-state index contributed by atoms with van der Waals surface area (Å²) in [7, 11) is 0. The van der Waals surface area contributed by atoms with Crippen molar-refractivity contribution in [3.8, 4) is 45.1 Å². The van der Waals surface area contributed by atoms with Crippen molar-refractivity contribution in [1.29, 1.82) is 5.26 Å². The van der Waals surface area contributed by atoms with E-state index in [-0.39, 0.29) is 0 Å². The lowest BCUT2D eigenvalue weighted by Crippen LogP contribution is -1.95. The van der Waals surface area contributed by atoms with Crippen molar-refractivity contribution in [2.75, 3.05) is 0 Å². The number of nitrogens with zero attached hydrogens (tertiary/aromatic N) is 4. The molecule has 0 amide bonds. The van der Waals surface area contributed by atoms with Crippen LogP contribution >= 0.6 is 0 Å². The predicted octanol–water partition coefficient (Wildman–Crippen LogP) is 12.7. The van der Waals surface area contributed by atoms with E-state index in [1.165, 1.54) is 0 Å². The molecule has 0 aliphatic carbocycles. The predicted molar refractivity (Wildman–Crippen MR) is 202 cm³/mol. The fourth-order valence-corrected chi connectivity index (χ4v) is 7.05. The molecular weight excluding hydrogens is 613 g/mol. The van der Waals surface area contributed by atoms with Crippen LogP contribution in [0.1, 0.15) is 5.56 Å². The van der Waals surface area contributed by atoms with E-state index in [0.29, 0.717) is 16.9 Å². The average Bonchev–Trinajstić information content (AvgIpc) is 3.72. The van der Waals surface area contributed by atoms with E-state index in [0.717, 1.165) is 82.8 Å². The first-order valence-electron chi connectivity index (χ1n) is 16.1. The molecule has 7 aromatic carbocycles. The Bertz CT molecular complexity index is 2890. The van der Waals surface area contributed by atoms with Gasteiger partial charge in [-0.2, -0.15) is 5.26 Å². The molecule has 230 valence electrons. The van der Waals surface area contributed by atoms with Crippen molar-refractivity contribution in [3.05, 3.63) is 174 Å². The Morgan fingerprint density at radius 2 is 1.14 bits per heavy atom. The summed E-state index contributed by atoms with van der Waals surface area (Å²) in [4.78, 5) is 7.56. The number of aromatic nitrogens is 1. The highest BCUT2D eigenvalue weighted by Crippen LogP contribution is 2.40. The van der Waals surface area contributed by atoms with E-state index in [2.05, 4.69) is 74.9 Å². The zero-order chi connectivity index (χ0) is 33.8. The maximum Gasteiger partial charge on any atom is 0.189 e. The molecule has 2 heterocycles. The largest absolute Gasteiger partial charge is 0.456 e. The highest BCUT2D eigenvalue weighted by atomic mass is 16.3. The monoisotopic (exact) mass is 636 g/mol. The second-order valence-electron chi connectivity index (χ2n) is 12.3. The van der Waals surface area contributed by atoms with Gasteiger partial charge in [0.2, 0.25) is 0 Å². The molecule has 0 saturated heterocycles. The van der Waals surface area contributed by atoms with Gasteiger partial charge < -0.3 is 8.98 Å². The van der Waals surface area contributed by atoms with E-state index in [1.807, 2.05) is 91.0 Å². The molecule has 0 N–H and O–H groups in total. The summed E-state index contributed by atoms with van der Waals surface area (Å²) >= 11 is 0. The molecule has 5 heteroatoms. The zero-order valence-electron chi connectivity index (χ0n) is 26.6. The summed E-state index contributed by atoms with van der Waals surface area (Å²) in [6.07, 6.45) is 0. The van der Waals surface area contributed by atoms with Crippen molar-refractivity contribution in [2.45, 2.75) is 0 Å². The van der Waals surface area contributed by atoms with Crippen molar-refractivity contribution >= 4 is 55.1 Å². The number of para-hydroxylation sites is 1. The molecule has 0 atom stereocenters. The first-order chi connectivity index (χ1) is 24.6. The Kier molecular flexibility index (Phi) is 6.56. The summed E-state index contributed by atoms with van der Waals surface area (Å²) in [5.74, 6) is 0. The van der Waals surface area contributed by atoms with Gasteiger partial charge in [-0.05, 0) is 124 Å². The van der Waals surface area contributed by atoms with E-state index in [1.54, 1.807) is 0 Å². The van der Waals surface area contributed by atoms with Gasteiger partial charge in [0.1, 0.15) is 11.2 Å². The molecule has 0 spiro atoms. The quantitative estimate of drug-likeness (QED) is 0.181. The van der Waals surface area contributed by atoms with E-state index in [9.17, 15) is 5.26 Å². The van der Waals surface area contributed by atoms with Crippen LogP contribution in [-0.4, -0.2) is 4.57 Å². The highest BCUT2D eigenvalue weighted by Gasteiger charge is 2.17. The van der Waals surface area contributed by atoms with Crippen LogP contribution in [0.3, 0.4) is 0 Å². The molecule has 0 bridgehead atoms. The van der Waals surface area contributed by atoms with Crippen LogP contribution < -0.4 is 0 Å². The topological polar surface area (TPSA) is 50.6 Å². The van der Waals surface area contributed by atoms with Gasteiger partial charge in [-0.15, -0.1) is 0 Å². The molecule has 50 heavy (non-hydrogen) atoms. The number of furan rings is 1. The van der Waals surface area contributed by atoms with Crippen LogP contribution in [0.4, 0.5) is 11.4 Å². The Morgan fingerprint density at radius 3 is 1.92 bits per heavy atom. The van der Waals surface area contributed by atoms with Gasteiger partial charge in [-0.25, -0.2) is 9.69 Å². The van der Waals surface area contributed by atoms with E-state index in [4.69, 9.17) is 17.6 Å². The Balaban J connectivity index is 1.28. The molecule has 2 aromatic heterocycles. The normalized spacial score (nSPS) is 11.1.